The summed E-state index contributed by atoms with van der Waals surface area (Å²) < 4.78 is 0. The lowest BCUT2D eigenvalue weighted by molar-refractivity contribution is 0.273. The Morgan fingerprint density at radius 3 is 2.57 bits per heavy atom. The zero-order chi connectivity index (χ0) is 15.6. The van der Waals surface area contributed by atoms with Gasteiger partial charge in [-0.15, -0.1) is 24.0 Å². The number of hydrogen-bond acceptors (Lipinski definition) is 2. The van der Waals surface area contributed by atoms with Crippen molar-refractivity contribution in [1.82, 2.24) is 10.2 Å². The van der Waals surface area contributed by atoms with Crippen molar-refractivity contribution in [2.45, 2.75) is 33.1 Å². The van der Waals surface area contributed by atoms with Gasteiger partial charge in [0.05, 0.1) is 0 Å². The molecular formula is C18H31IN4. The number of aliphatic imine (C=N–C) groups is 1. The maximum absolute atomic E-state index is 4.78. The fraction of sp³-hybridized carbons (Fsp3) is 0.611. The van der Waals surface area contributed by atoms with Crippen molar-refractivity contribution in [2.24, 2.45) is 10.9 Å². The Labute approximate surface area is 158 Å². The van der Waals surface area contributed by atoms with Crippen LogP contribution in [0.3, 0.4) is 0 Å². The summed E-state index contributed by atoms with van der Waals surface area (Å²) in [4.78, 5) is 7.20. The standard InChI is InChI=1S/C18H30N4.HI/c1-3-19-18(22-14-10-16(2)11-15-22)21-13-7-12-20-17-8-5-4-6-9-17;/h4-6,8-9,16,20H,3,7,10-15H2,1-2H3,(H,19,21);1H. The molecule has 23 heavy (non-hydrogen) atoms. The third-order valence-corrected chi connectivity index (χ3v) is 4.12. The van der Waals surface area contributed by atoms with Gasteiger partial charge < -0.3 is 15.5 Å². The summed E-state index contributed by atoms with van der Waals surface area (Å²) in [6, 6.07) is 10.4. The Kier molecular flexibility index (Phi) is 10.1. The van der Waals surface area contributed by atoms with E-state index in [1.54, 1.807) is 0 Å². The lowest BCUT2D eigenvalue weighted by Crippen LogP contribution is -2.45. The summed E-state index contributed by atoms with van der Waals surface area (Å²) in [6.45, 7) is 9.52. The molecule has 0 bridgehead atoms. The molecule has 0 spiro atoms. The van der Waals surface area contributed by atoms with Gasteiger partial charge in [0.25, 0.3) is 0 Å². The molecule has 1 saturated heterocycles. The minimum atomic E-state index is 0. The number of rotatable bonds is 6. The van der Waals surface area contributed by atoms with Gasteiger partial charge in [-0.1, -0.05) is 25.1 Å². The van der Waals surface area contributed by atoms with Crippen LogP contribution in [0.1, 0.15) is 33.1 Å². The zero-order valence-corrected chi connectivity index (χ0v) is 16.8. The topological polar surface area (TPSA) is 39.7 Å². The molecule has 0 atom stereocenters. The minimum absolute atomic E-state index is 0. The Balaban J connectivity index is 0.00000264. The highest BCUT2D eigenvalue weighted by molar-refractivity contribution is 14.0. The lowest BCUT2D eigenvalue weighted by Gasteiger charge is -2.33. The van der Waals surface area contributed by atoms with Gasteiger partial charge in [-0.3, -0.25) is 4.99 Å². The van der Waals surface area contributed by atoms with Crippen LogP contribution in [-0.2, 0) is 0 Å². The molecule has 1 aliphatic rings. The molecule has 0 amide bonds. The first-order valence-corrected chi connectivity index (χ1v) is 8.61. The van der Waals surface area contributed by atoms with Gasteiger partial charge in [0.15, 0.2) is 5.96 Å². The summed E-state index contributed by atoms with van der Waals surface area (Å²) in [6.07, 6.45) is 3.61. The Morgan fingerprint density at radius 1 is 1.22 bits per heavy atom. The average molecular weight is 430 g/mol. The van der Waals surface area contributed by atoms with Crippen molar-refractivity contribution < 1.29 is 0 Å². The van der Waals surface area contributed by atoms with Crippen LogP contribution in [0.4, 0.5) is 5.69 Å². The van der Waals surface area contributed by atoms with E-state index in [0.29, 0.717) is 0 Å². The number of nitrogens with zero attached hydrogens (tertiary/aromatic N) is 2. The van der Waals surface area contributed by atoms with Crippen LogP contribution in [0, 0.1) is 5.92 Å². The molecule has 0 aliphatic carbocycles. The number of para-hydroxylation sites is 1. The fourth-order valence-electron chi connectivity index (χ4n) is 2.70. The number of guanidine groups is 1. The third kappa shape index (κ3) is 7.42. The van der Waals surface area contributed by atoms with Gasteiger partial charge in [-0.05, 0) is 44.2 Å². The number of nitrogens with one attached hydrogen (secondary N) is 2. The molecular weight excluding hydrogens is 399 g/mol. The molecule has 2 N–H and O–H groups in total. The predicted molar refractivity (Wildman–Crippen MR) is 111 cm³/mol. The molecule has 1 fully saturated rings. The molecule has 1 heterocycles. The molecule has 0 aromatic heterocycles. The monoisotopic (exact) mass is 430 g/mol. The van der Waals surface area contributed by atoms with Crippen molar-refractivity contribution in [2.75, 3.05) is 38.0 Å². The molecule has 4 nitrogen and oxygen atoms in total. The van der Waals surface area contributed by atoms with Gasteiger partial charge in [0.2, 0.25) is 0 Å². The largest absolute Gasteiger partial charge is 0.385 e. The number of piperidine rings is 1. The van der Waals surface area contributed by atoms with Crippen molar-refractivity contribution >= 4 is 35.6 Å². The number of benzene rings is 1. The second-order valence-corrected chi connectivity index (χ2v) is 6.05. The predicted octanol–water partition coefficient (Wildman–Crippen LogP) is 3.80. The summed E-state index contributed by atoms with van der Waals surface area (Å²) in [5, 5.41) is 6.86. The Morgan fingerprint density at radius 2 is 1.91 bits per heavy atom. The molecule has 130 valence electrons. The van der Waals surface area contributed by atoms with Crippen LogP contribution in [0.5, 0.6) is 0 Å². The van der Waals surface area contributed by atoms with E-state index in [4.69, 9.17) is 4.99 Å². The molecule has 5 heteroatoms. The molecule has 0 saturated carbocycles. The third-order valence-electron chi connectivity index (χ3n) is 4.12. The van der Waals surface area contributed by atoms with Crippen LogP contribution < -0.4 is 10.6 Å². The van der Waals surface area contributed by atoms with Crippen LogP contribution in [0.15, 0.2) is 35.3 Å². The lowest BCUT2D eigenvalue weighted by atomic mass is 10.00. The zero-order valence-electron chi connectivity index (χ0n) is 14.4. The van der Waals surface area contributed by atoms with E-state index >= 15 is 0 Å². The van der Waals surface area contributed by atoms with Crippen LogP contribution in [0.25, 0.3) is 0 Å². The summed E-state index contributed by atoms with van der Waals surface area (Å²) in [5.74, 6) is 1.95. The quantitative estimate of drug-likeness (QED) is 0.312. The van der Waals surface area contributed by atoms with Gasteiger partial charge >= 0.3 is 0 Å². The van der Waals surface area contributed by atoms with E-state index in [-0.39, 0.29) is 24.0 Å². The van der Waals surface area contributed by atoms with Gasteiger partial charge in [0, 0.05) is 38.4 Å². The highest BCUT2D eigenvalue weighted by Crippen LogP contribution is 2.15. The summed E-state index contributed by atoms with van der Waals surface area (Å²) >= 11 is 0. The molecule has 2 rings (SSSR count). The fourth-order valence-corrected chi connectivity index (χ4v) is 2.70. The van der Waals surface area contributed by atoms with Crippen LogP contribution >= 0.6 is 24.0 Å². The maximum Gasteiger partial charge on any atom is 0.193 e. The number of hydrogen-bond donors (Lipinski definition) is 2. The van der Waals surface area contributed by atoms with Crippen LogP contribution in [-0.4, -0.2) is 43.6 Å². The summed E-state index contributed by atoms with van der Waals surface area (Å²) in [7, 11) is 0. The van der Waals surface area contributed by atoms with Gasteiger partial charge in [-0.2, -0.15) is 0 Å². The van der Waals surface area contributed by atoms with E-state index in [0.717, 1.165) is 51.0 Å². The normalized spacial score (nSPS) is 15.9. The first-order chi connectivity index (χ1) is 10.8. The number of halogens is 1. The summed E-state index contributed by atoms with van der Waals surface area (Å²) in [5.41, 5.74) is 1.18. The van der Waals surface area contributed by atoms with Crippen molar-refractivity contribution in [3.63, 3.8) is 0 Å². The van der Waals surface area contributed by atoms with Crippen molar-refractivity contribution in [1.29, 1.82) is 0 Å². The van der Waals surface area contributed by atoms with E-state index in [2.05, 4.69) is 53.6 Å². The molecule has 0 unspecified atom stereocenters. The second-order valence-electron chi connectivity index (χ2n) is 6.05. The van der Waals surface area contributed by atoms with Gasteiger partial charge in [0.1, 0.15) is 0 Å². The van der Waals surface area contributed by atoms with Gasteiger partial charge in [-0.25, -0.2) is 0 Å². The number of anilines is 1. The molecule has 1 aliphatic heterocycles. The SMILES string of the molecule is CCNC(=NCCCNc1ccccc1)N1CCC(C)CC1.I. The average Bonchev–Trinajstić information content (AvgIpc) is 2.55. The first-order valence-electron chi connectivity index (χ1n) is 8.61. The van der Waals surface area contributed by atoms with E-state index in [1.807, 2.05) is 6.07 Å². The Hall–Kier alpha value is -0.980. The van der Waals surface area contributed by atoms with E-state index in [9.17, 15) is 0 Å². The van der Waals surface area contributed by atoms with E-state index < -0.39 is 0 Å². The molecule has 0 radical (unpaired) electrons. The smallest absolute Gasteiger partial charge is 0.193 e. The van der Waals surface area contributed by atoms with Crippen molar-refractivity contribution in [3.05, 3.63) is 30.3 Å². The highest BCUT2D eigenvalue weighted by atomic mass is 127. The first kappa shape index (κ1) is 20.1. The second kappa shape index (κ2) is 11.5. The van der Waals surface area contributed by atoms with Crippen molar-refractivity contribution in [3.8, 4) is 0 Å². The Bertz CT molecular complexity index is 442. The molecule has 1 aromatic rings. The highest BCUT2D eigenvalue weighted by Gasteiger charge is 2.18. The minimum Gasteiger partial charge on any atom is -0.385 e. The van der Waals surface area contributed by atoms with Crippen LogP contribution in [0.2, 0.25) is 0 Å². The van der Waals surface area contributed by atoms with E-state index in [1.165, 1.54) is 18.5 Å². The number of likely N-dealkylation sites (tertiary alicyclic amines) is 1. The molecule has 1 aromatic carbocycles. The maximum atomic E-state index is 4.78.